The Balaban J connectivity index is 1.77. The number of nitrogens with zero attached hydrogens (tertiary/aromatic N) is 2. The van der Waals surface area contributed by atoms with Gasteiger partial charge in [0, 0.05) is 13.1 Å². The fourth-order valence-corrected chi connectivity index (χ4v) is 3.73. The smallest absolute Gasteiger partial charge is 0.286 e. The van der Waals surface area contributed by atoms with Crippen LogP contribution in [-0.4, -0.2) is 53.5 Å². The first-order chi connectivity index (χ1) is 11.5. The van der Waals surface area contributed by atoms with Crippen LogP contribution in [-0.2, 0) is 9.53 Å². The van der Waals surface area contributed by atoms with Crippen molar-refractivity contribution in [3.63, 3.8) is 0 Å². The van der Waals surface area contributed by atoms with Gasteiger partial charge in [0.15, 0.2) is 16.7 Å². The molecule has 2 atom stereocenters. The van der Waals surface area contributed by atoms with Gasteiger partial charge in [-0.2, -0.15) is 4.99 Å². The molecule has 1 aromatic rings. The number of morpholine rings is 1. The summed E-state index contributed by atoms with van der Waals surface area (Å²) >= 11 is 1.37. The summed E-state index contributed by atoms with van der Waals surface area (Å²) in [6, 6.07) is 4.96. The quantitative estimate of drug-likeness (QED) is 0.828. The standard InChI is InChI=1S/C17H20N2O4S/c1-10-8-19(9-11(2)23-10)17-18-16(21)15(24-17)7-12-4-5-13(20)14(6-12)22-3/h4-7,10-11,20H,8-9H2,1-3H3/b15-7+/t10-,11-/m1/s1. The van der Waals surface area contributed by atoms with Gasteiger partial charge < -0.3 is 19.5 Å². The lowest BCUT2D eigenvalue weighted by Gasteiger charge is -2.35. The zero-order chi connectivity index (χ0) is 17.3. The number of carbonyl (C=O) groups excluding carboxylic acids is 1. The maximum absolute atomic E-state index is 12.2. The average Bonchev–Trinajstić information content (AvgIpc) is 2.89. The SMILES string of the molecule is COc1cc(/C=C2/SC(N3C[C@@H](C)O[C@H](C)C3)=NC2=O)ccc1O. The van der Waals surface area contributed by atoms with Gasteiger partial charge in [-0.25, -0.2) is 0 Å². The Morgan fingerprint density at radius 2 is 2.08 bits per heavy atom. The van der Waals surface area contributed by atoms with E-state index in [1.165, 1.54) is 18.9 Å². The molecule has 1 fully saturated rings. The molecule has 7 heteroatoms. The van der Waals surface area contributed by atoms with Crippen LogP contribution in [0.3, 0.4) is 0 Å². The highest BCUT2D eigenvalue weighted by atomic mass is 32.2. The van der Waals surface area contributed by atoms with Crippen LogP contribution in [0.1, 0.15) is 19.4 Å². The highest BCUT2D eigenvalue weighted by molar-refractivity contribution is 8.18. The Morgan fingerprint density at radius 3 is 2.75 bits per heavy atom. The fourth-order valence-electron chi connectivity index (χ4n) is 2.80. The Kier molecular flexibility index (Phi) is 4.82. The molecule has 2 aliphatic rings. The largest absolute Gasteiger partial charge is 0.504 e. The van der Waals surface area contributed by atoms with Gasteiger partial charge >= 0.3 is 0 Å². The van der Waals surface area contributed by atoms with E-state index in [9.17, 15) is 9.90 Å². The first kappa shape index (κ1) is 16.9. The molecule has 2 heterocycles. The molecule has 0 aromatic heterocycles. The second-order valence-corrected chi connectivity index (χ2v) is 6.91. The van der Waals surface area contributed by atoms with Crippen molar-refractivity contribution in [2.75, 3.05) is 20.2 Å². The van der Waals surface area contributed by atoms with E-state index in [0.717, 1.165) is 23.8 Å². The molecule has 1 amide bonds. The first-order valence-corrected chi connectivity index (χ1v) is 8.58. The van der Waals surface area contributed by atoms with E-state index in [2.05, 4.69) is 9.89 Å². The summed E-state index contributed by atoms with van der Waals surface area (Å²) in [5, 5.41) is 10.4. The molecule has 0 radical (unpaired) electrons. The lowest BCUT2D eigenvalue weighted by Crippen LogP contribution is -2.47. The van der Waals surface area contributed by atoms with Crippen LogP contribution in [0.2, 0.25) is 0 Å². The molecular formula is C17H20N2O4S. The Morgan fingerprint density at radius 1 is 1.38 bits per heavy atom. The number of phenols is 1. The van der Waals surface area contributed by atoms with Crippen LogP contribution < -0.4 is 4.74 Å². The summed E-state index contributed by atoms with van der Waals surface area (Å²) in [6.07, 6.45) is 1.99. The number of carbonyl (C=O) groups is 1. The number of hydrogen-bond donors (Lipinski definition) is 1. The van der Waals surface area contributed by atoms with Gasteiger partial charge in [0.05, 0.1) is 24.2 Å². The number of amidine groups is 1. The van der Waals surface area contributed by atoms with E-state index in [4.69, 9.17) is 9.47 Å². The van der Waals surface area contributed by atoms with E-state index in [1.807, 2.05) is 13.8 Å². The molecular weight excluding hydrogens is 328 g/mol. The van der Waals surface area contributed by atoms with Gasteiger partial charge in [0.1, 0.15) is 0 Å². The monoisotopic (exact) mass is 348 g/mol. The zero-order valence-electron chi connectivity index (χ0n) is 13.9. The van der Waals surface area contributed by atoms with Gasteiger partial charge in [-0.3, -0.25) is 4.79 Å². The highest BCUT2D eigenvalue weighted by Crippen LogP contribution is 2.33. The average molecular weight is 348 g/mol. The van der Waals surface area contributed by atoms with Crippen molar-refractivity contribution in [3.8, 4) is 11.5 Å². The van der Waals surface area contributed by atoms with E-state index in [0.29, 0.717) is 10.7 Å². The molecule has 0 unspecified atom stereocenters. The third-order valence-corrected chi connectivity index (χ3v) is 4.85. The number of rotatable bonds is 2. The van der Waals surface area contributed by atoms with Crippen LogP contribution in [0.15, 0.2) is 28.1 Å². The maximum atomic E-state index is 12.2. The third kappa shape index (κ3) is 3.57. The molecule has 0 saturated carbocycles. The van der Waals surface area contributed by atoms with E-state index < -0.39 is 0 Å². The Labute approximate surface area is 145 Å². The summed E-state index contributed by atoms with van der Waals surface area (Å²) < 4.78 is 10.8. The first-order valence-electron chi connectivity index (χ1n) is 7.76. The van der Waals surface area contributed by atoms with Crippen LogP contribution >= 0.6 is 11.8 Å². The number of aromatic hydroxyl groups is 1. The molecule has 0 spiro atoms. The predicted octanol–water partition coefficient (Wildman–Crippen LogP) is 2.48. The normalized spacial score (nSPS) is 26.0. The summed E-state index contributed by atoms with van der Waals surface area (Å²) in [6.45, 7) is 5.49. The molecule has 1 aromatic carbocycles. The second kappa shape index (κ2) is 6.86. The van der Waals surface area contributed by atoms with E-state index in [1.54, 1.807) is 24.3 Å². The number of methoxy groups -OCH3 is 1. The number of phenolic OH excluding ortho intramolecular Hbond substituents is 1. The van der Waals surface area contributed by atoms with Crippen molar-refractivity contribution < 1.29 is 19.4 Å². The Hall–Kier alpha value is -1.99. The lowest BCUT2D eigenvalue weighted by molar-refractivity contribution is -0.113. The van der Waals surface area contributed by atoms with Gasteiger partial charge in [-0.05, 0) is 49.4 Å². The number of hydrogen-bond acceptors (Lipinski definition) is 6. The number of aliphatic imine (C=N–C) groups is 1. The van der Waals surface area contributed by atoms with Crippen LogP contribution in [0.4, 0.5) is 0 Å². The summed E-state index contributed by atoms with van der Waals surface area (Å²) in [4.78, 5) is 19.0. The molecule has 0 bridgehead atoms. The highest BCUT2D eigenvalue weighted by Gasteiger charge is 2.31. The topological polar surface area (TPSA) is 71.4 Å². The molecule has 128 valence electrons. The van der Waals surface area contributed by atoms with Crippen LogP contribution in [0.5, 0.6) is 11.5 Å². The second-order valence-electron chi connectivity index (χ2n) is 5.90. The van der Waals surface area contributed by atoms with Crippen molar-refractivity contribution in [3.05, 3.63) is 28.7 Å². The van der Waals surface area contributed by atoms with Crippen molar-refractivity contribution in [2.45, 2.75) is 26.1 Å². The molecule has 24 heavy (non-hydrogen) atoms. The van der Waals surface area contributed by atoms with Gasteiger partial charge in [-0.1, -0.05) is 6.07 Å². The number of amides is 1. The molecule has 0 aliphatic carbocycles. The number of ether oxygens (including phenoxy) is 2. The van der Waals surface area contributed by atoms with Gasteiger partial charge in [-0.15, -0.1) is 0 Å². The maximum Gasteiger partial charge on any atom is 0.286 e. The van der Waals surface area contributed by atoms with Crippen molar-refractivity contribution in [1.29, 1.82) is 0 Å². The van der Waals surface area contributed by atoms with Gasteiger partial charge in [0.2, 0.25) is 0 Å². The lowest BCUT2D eigenvalue weighted by atomic mass is 10.2. The van der Waals surface area contributed by atoms with Gasteiger partial charge in [0.25, 0.3) is 5.91 Å². The zero-order valence-corrected chi connectivity index (χ0v) is 14.7. The predicted molar refractivity (Wildman–Crippen MR) is 94.3 cm³/mol. The van der Waals surface area contributed by atoms with Crippen molar-refractivity contribution in [1.82, 2.24) is 4.90 Å². The van der Waals surface area contributed by atoms with Crippen molar-refractivity contribution in [2.24, 2.45) is 4.99 Å². The molecule has 3 rings (SSSR count). The summed E-state index contributed by atoms with van der Waals surface area (Å²) in [7, 11) is 1.49. The van der Waals surface area contributed by atoms with Crippen LogP contribution in [0, 0.1) is 0 Å². The minimum absolute atomic E-state index is 0.0679. The Bertz CT molecular complexity index is 707. The molecule has 1 N–H and O–H groups in total. The minimum Gasteiger partial charge on any atom is -0.504 e. The molecule has 6 nitrogen and oxygen atoms in total. The van der Waals surface area contributed by atoms with E-state index in [-0.39, 0.29) is 23.9 Å². The summed E-state index contributed by atoms with van der Waals surface area (Å²) in [5.41, 5.74) is 0.778. The molecule has 2 aliphatic heterocycles. The minimum atomic E-state index is -0.242. The summed E-state index contributed by atoms with van der Waals surface area (Å²) in [5.74, 6) is 0.198. The molecule has 1 saturated heterocycles. The van der Waals surface area contributed by atoms with Crippen LogP contribution in [0.25, 0.3) is 6.08 Å². The van der Waals surface area contributed by atoms with Crippen molar-refractivity contribution >= 4 is 28.9 Å². The number of thioether (sulfide) groups is 1. The fraction of sp³-hybridized carbons (Fsp3) is 0.412. The van der Waals surface area contributed by atoms with E-state index >= 15 is 0 Å². The third-order valence-electron chi connectivity index (χ3n) is 3.80. The number of benzene rings is 1.